The number of ether oxygens (including phenoxy) is 1. The molecule has 0 radical (unpaired) electrons. The number of nitrogens with one attached hydrogen (secondary N) is 1. The fraction of sp³-hybridized carbons (Fsp3) is 0.188. The van der Waals surface area contributed by atoms with Crippen LogP contribution >= 0.6 is 0 Å². The molecule has 5 nitrogen and oxygen atoms in total. The van der Waals surface area contributed by atoms with Crippen LogP contribution in [0.15, 0.2) is 59.5 Å². The normalized spacial score (nSPS) is 13.7. The highest BCUT2D eigenvalue weighted by Gasteiger charge is 2.08. The lowest BCUT2D eigenvalue weighted by Crippen LogP contribution is -2.21. The van der Waals surface area contributed by atoms with Crippen molar-refractivity contribution in [2.75, 3.05) is 18.5 Å². The van der Waals surface area contributed by atoms with Gasteiger partial charge in [-0.25, -0.2) is 0 Å². The molecule has 0 aliphatic heterocycles. The maximum atomic E-state index is 12.0. The summed E-state index contributed by atoms with van der Waals surface area (Å²) < 4.78 is 5.31. The van der Waals surface area contributed by atoms with Crippen LogP contribution in [0.25, 0.3) is 0 Å². The molecule has 0 heterocycles. The molecule has 0 saturated carbocycles. The van der Waals surface area contributed by atoms with Gasteiger partial charge in [-0.15, -0.1) is 0 Å². The zero-order chi connectivity index (χ0) is 15.1. The Morgan fingerprint density at radius 3 is 3.00 bits per heavy atom. The molecule has 3 N–H and O–H groups in total. The Kier molecular flexibility index (Phi) is 5.16. The third-order valence-electron chi connectivity index (χ3n) is 2.64. The first kappa shape index (κ1) is 14.9. The van der Waals surface area contributed by atoms with E-state index < -0.39 is 6.10 Å². The van der Waals surface area contributed by atoms with Crippen molar-refractivity contribution in [1.29, 1.82) is 0 Å². The van der Waals surface area contributed by atoms with E-state index in [1.165, 1.54) is 0 Å². The highest BCUT2D eigenvalue weighted by Crippen LogP contribution is 2.18. The maximum Gasteiger partial charge on any atom is 0.264 e. The summed E-state index contributed by atoms with van der Waals surface area (Å²) in [5.41, 5.74) is 6.39. The van der Waals surface area contributed by atoms with Gasteiger partial charge in [0.1, 0.15) is 18.5 Å². The predicted octanol–water partition coefficient (Wildman–Crippen LogP) is 1.16. The van der Waals surface area contributed by atoms with Gasteiger partial charge in [-0.05, 0) is 24.3 Å². The molecule has 2 rings (SSSR count). The second-order valence-electron chi connectivity index (χ2n) is 4.34. The van der Waals surface area contributed by atoms with Crippen LogP contribution in [-0.2, 0) is 4.79 Å². The molecule has 0 spiro atoms. The van der Waals surface area contributed by atoms with Crippen LogP contribution in [0.4, 0.5) is 5.69 Å². The van der Waals surface area contributed by atoms with Gasteiger partial charge in [0.2, 0.25) is 0 Å². The third-order valence-corrected chi connectivity index (χ3v) is 2.64. The van der Waals surface area contributed by atoms with Gasteiger partial charge >= 0.3 is 0 Å². The Hall–Kier alpha value is -2.55. The molecule has 21 heavy (non-hydrogen) atoms. The second kappa shape index (κ2) is 7.29. The van der Waals surface area contributed by atoms with Crippen molar-refractivity contribution < 1.29 is 19.7 Å². The van der Waals surface area contributed by atoms with Crippen LogP contribution in [0.5, 0.6) is 5.75 Å². The fourth-order valence-corrected chi connectivity index (χ4v) is 1.59. The van der Waals surface area contributed by atoms with Gasteiger partial charge in [0.15, 0.2) is 0 Å². The monoisotopic (exact) mass is 285 g/mol. The number of carbonyl (C=O) groups excluding carboxylic acids is 1. The molecule has 1 unspecified atom stereocenters. The number of benzene rings is 1. The Morgan fingerprint density at radius 2 is 2.29 bits per heavy atom. The molecule has 0 bridgehead atoms. The van der Waals surface area contributed by atoms with E-state index in [2.05, 4.69) is 16.8 Å². The summed E-state index contributed by atoms with van der Waals surface area (Å²) in [4.78, 5) is 12.0. The number of aliphatic hydroxyl groups excluding tert-OH is 2. The van der Waals surface area contributed by atoms with Crippen LogP contribution in [-0.4, -0.2) is 35.4 Å². The van der Waals surface area contributed by atoms with E-state index >= 15 is 0 Å². The molecule has 1 amide bonds. The number of hydrogen-bond acceptors (Lipinski definition) is 4. The standard InChI is InChI=1S/C16H15NO4/c18-10-14(19)11-21-15-8-4-7-13(9-15)17-16(20)12-5-2-1-3-6-12/h1-2,4-5,7-9,14,18-19H,10-11H2,(H,17,20). The van der Waals surface area contributed by atoms with Gasteiger partial charge in [-0.3, -0.25) is 4.79 Å². The molecule has 1 atom stereocenters. The van der Waals surface area contributed by atoms with Crippen molar-refractivity contribution in [3.63, 3.8) is 0 Å². The number of allylic oxidation sites excluding steroid dienone is 2. The van der Waals surface area contributed by atoms with Crippen molar-refractivity contribution in [3.8, 4) is 5.75 Å². The van der Waals surface area contributed by atoms with Crippen molar-refractivity contribution in [3.05, 3.63) is 59.5 Å². The predicted molar refractivity (Wildman–Crippen MR) is 77.9 cm³/mol. The highest BCUT2D eigenvalue weighted by molar-refractivity contribution is 6.05. The molecule has 0 aromatic heterocycles. The van der Waals surface area contributed by atoms with Crippen LogP contribution in [0.1, 0.15) is 0 Å². The quantitative estimate of drug-likeness (QED) is 0.685. The average molecular weight is 285 g/mol. The van der Waals surface area contributed by atoms with Crippen molar-refractivity contribution >= 4 is 11.6 Å². The number of amides is 1. The van der Waals surface area contributed by atoms with E-state index in [0.717, 1.165) is 0 Å². The molecule has 1 aromatic rings. The number of rotatable bonds is 6. The van der Waals surface area contributed by atoms with Crippen LogP contribution in [0.3, 0.4) is 0 Å². The van der Waals surface area contributed by atoms with E-state index in [-0.39, 0.29) is 19.1 Å². The van der Waals surface area contributed by atoms with E-state index in [1.54, 1.807) is 42.5 Å². The zero-order valence-corrected chi connectivity index (χ0v) is 11.2. The topological polar surface area (TPSA) is 78.8 Å². The second-order valence-corrected chi connectivity index (χ2v) is 4.34. The lowest BCUT2D eigenvalue weighted by molar-refractivity contribution is -0.112. The lowest BCUT2D eigenvalue weighted by Gasteiger charge is -2.11. The van der Waals surface area contributed by atoms with Gasteiger partial charge in [-0.1, -0.05) is 23.6 Å². The first-order valence-corrected chi connectivity index (χ1v) is 6.40. The summed E-state index contributed by atoms with van der Waals surface area (Å²) in [7, 11) is 0. The Bertz CT molecular complexity index is 650. The SMILES string of the molecule is O=C(Nc1cccc(OCC(O)CO)c1)C1=C=C=CC=C1. The molecule has 1 aliphatic carbocycles. The Labute approximate surface area is 122 Å². The number of anilines is 1. The molecular weight excluding hydrogens is 270 g/mol. The fourth-order valence-electron chi connectivity index (χ4n) is 1.59. The van der Waals surface area contributed by atoms with E-state index in [1.807, 2.05) is 0 Å². The minimum Gasteiger partial charge on any atom is -0.491 e. The van der Waals surface area contributed by atoms with Gasteiger partial charge in [0, 0.05) is 11.8 Å². The van der Waals surface area contributed by atoms with Crippen molar-refractivity contribution in [1.82, 2.24) is 0 Å². The van der Waals surface area contributed by atoms with Gasteiger partial charge in [0.05, 0.1) is 12.2 Å². The molecule has 0 saturated heterocycles. The van der Waals surface area contributed by atoms with Gasteiger partial charge < -0.3 is 20.3 Å². The first-order valence-electron chi connectivity index (χ1n) is 6.40. The molecular formula is C16H15NO4. The summed E-state index contributed by atoms with van der Waals surface area (Å²) in [5.74, 6) is 0.197. The molecule has 108 valence electrons. The van der Waals surface area contributed by atoms with Crippen molar-refractivity contribution in [2.45, 2.75) is 6.10 Å². The molecule has 5 heteroatoms. The van der Waals surface area contributed by atoms with Crippen LogP contribution in [0.2, 0.25) is 0 Å². The number of carbonyl (C=O) groups is 1. The van der Waals surface area contributed by atoms with Gasteiger partial charge in [-0.2, -0.15) is 0 Å². The Balaban J connectivity index is 2.01. The third kappa shape index (κ3) is 4.49. The molecule has 0 fully saturated rings. The van der Waals surface area contributed by atoms with E-state index in [0.29, 0.717) is 17.0 Å². The minimum absolute atomic E-state index is 0.0185. The van der Waals surface area contributed by atoms with Gasteiger partial charge in [0.25, 0.3) is 5.91 Å². The number of aliphatic hydroxyl groups is 2. The number of hydrogen-bond donors (Lipinski definition) is 3. The van der Waals surface area contributed by atoms with E-state index in [9.17, 15) is 9.90 Å². The summed E-state index contributed by atoms with van der Waals surface area (Å²) in [5, 5.41) is 20.7. The summed E-state index contributed by atoms with van der Waals surface area (Å²) in [6.07, 6.45) is 4.08. The van der Waals surface area contributed by atoms with Crippen LogP contribution in [0, 0.1) is 0 Å². The largest absolute Gasteiger partial charge is 0.491 e. The Morgan fingerprint density at radius 1 is 1.43 bits per heavy atom. The van der Waals surface area contributed by atoms with Crippen LogP contribution < -0.4 is 10.1 Å². The maximum absolute atomic E-state index is 12.0. The lowest BCUT2D eigenvalue weighted by atomic mass is 10.2. The highest BCUT2D eigenvalue weighted by atomic mass is 16.5. The van der Waals surface area contributed by atoms with E-state index in [4.69, 9.17) is 9.84 Å². The first-order chi connectivity index (χ1) is 10.2. The van der Waals surface area contributed by atoms with Crippen molar-refractivity contribution in [2.24, 2.45) is 0 Å². The zero-order valence-electron chi connectivity index (χ0n) is 11.2. The molecule has 1 aromatic carbocycles. The minimum atomic E-state index is -0.933. The smallest absolute Gasteiger partial charge is 0.264 e. The summed E-state index contributed by atoms with van der Waals surface area (Å²) in [6, 6.07) is 6.77. The average Bonchev–Trinajstić information content (AvgIpc) is 2.53. The summed E-state index contributed by atoms with van der Waals surface area (Å²) in [6.45, 7) is -0.383. The summed E-state index contributed by atoms with van der Waals surface area (Å²) >= 11 is 0. The molecule has 1 aliphatic rings.